The first-order valence-electron chi connectivity index (χ1n) is 6.14. The van der Waals surface area contributed by atoms with Gasteiger partial charge in [0.25, 0.3) is 0 Å². The van der Waals surface area contributed by atoms with Crippen molar-refractivity contribution in [3.8, 4) is 23.0 Å². The van der Waals surface area contributed by atoms with E-state index < -0.39 is 5.97 Å². The third kappa shape index (κ3) is 3.72. The molecular formula is C17H14O2. The van der Waals surface area contributed by atoms with E-state index in [1.807, 2.05) is 54.6 Å². The molecule has 0 heterocycles. The van der Waals surface area contributed by atoms with Gasteiger partial charge in [-0.15, -0.1) is 0 Å². The molecule has 2 heteroatoms. The van der Waals surface area contributed by atoms with E-state index in [1.54, 1.807) is 6.92 Å². The zero-order valence-corrected chi connectivity index (χ0v) is 10.7. The summed E-state index contributed by atoms with van der Waals surface area (Å²) in [6, 6.07) is 17.8. The maximum absolute atomic E-state index is 11.2. The Balaban J connectivity index is 2.23. The molecule has 0 atom stereocenters. The van der Waals surface area contributed by atoms with E-state index in [0.717, 1.165) is 16.7 Å². The van der Waals surface area contributed by atoms with Gasteiger partial charge in [0.1, 0.15) is 0 Å². The molecule has 0 bridgehead atoms. The highest BCUT2D eigenvalue weighted by atomic mass is 16.5. The third-order valence-corrected chi connectivity index (χ3v) is 2.55. The molecule has 0 aliphatic heterocycles. The minimum atomic E-state index is -0.493. The molecule has 94 valence electrons. The predicted molar refractivity (Wildman–Crippen MR) is 75.4 cm³/mol. The first-order chi connectivity index (χ1) is 9.29. The Morgan fingerprint density at radius 2 is 1.79 bits per heavy atom. The van der Waals surface area contributed by atoms with Crippen LogP contribution in [0, 0.1) is 11.8 Å². The number of hydrogen-bond acceptors (Lipinski definition) is 2. The fourth-order valence-corrected chi connectivity index (χ4v) is 1.70. The second kappa shape index (κ2) is 6.42. The molecule has 0 saturated carbocycles. The van der Waals surface area contributed by atoms with Gasteiger partial charge in [0, 0.05) is 11.5 Å². The average Bonchev–Trinajstić information content (AvgIpc) is 2.47. The second-order valence-corrected chi connectivity index (χ2v) is 3.92. The van der Waals surface area contributed by atoms with Crippen molar-refractivity contribution in [1.82, 2.24) is 0 Å². The molecule has 0 saturated heterocycles. The Bertz CT molecular complexity index is 618. The van der Waals surface area contributed by atoms with Crippen LogP contribution in [0.3, 0.4) is 0 Å². The van der Waals surface area contributed by atoms with Crippen LogP contribution in [0.1, 0.15) is 12.5 Å². The molecule has 0 unspecified atom stereocenters. The van der Waals surface area contributed by atoms with Crippen molar-refractivity contribution >= 4 is 5.97 Å². The van der Waals surface area contributed by atoms with Gasteiger partial charge in [-0.1, -0.05) is 48.4 Å². The number of rotatable bonds is 2. The highest BCUT2D eigenvalue weighted by Crippen LogP contribution is 2.19. The van der Waals surface area contributed by atoms with Crippen molar-refractivity contribution in [2.75, 3.05) is 6.61 Å². The monoisotopic (exact) mass is 250 g/mol. The lowest BCUT2D eigenvalue weighted by Gasteiger charge is -2.01. The molecule has 19 heavy (non-hydrogen) atoms. The summed E-state index contributed by atoms with van der Waals surface area (Å²) in [5.74, 6) is 4.79. The molecule has 0 N–H and O–H groups in total. The number of ether oxygens (including phenoxy) is 1. The first kappa shape index (κ1) is 12.9. The largest absolute Gasteiger partial charge is 0.456 e. The quantitative estimate of drug-likeness (QED) is 0.604. The number of hydrogen-bond donors (Lipinski definition) is 0. The minimum absolute atomic E-state index is 0.345. The molecule has 0 aromatic heterocycles. The summed E-state index contributed by atoms with van der Waals surface area (Å²) in [5.41, 5.74) is 3.01. The number of esters is 1. The van der Waals surface area contributed by atoms with Crippen molar-refractivity contribution in [2.45, 2.75) is 6.92 Å². The van der Waals surface area contributed by atoms with Gasteiger partial charge in [-0.05, 0) is 30.2 Å². The molecule has 2 aromatic rings. The van der Waals surface area contributed by atoms with Crippen molar-refractivity contribution in [1.29, 1.82) is 0 Å². The molecule has 0 radical (unpaired) electrons. The first-order valence-corrected chi connectivity index (χ1v) is 6.14. The summed E-state index contributed by atoms with van der Waals surface area (Å²) in [6.07, 6.45) is 0. The Hall–Kier alpha value is -2.53. The van der Waals surface area contributed by atoms with E-state index in [1.165, 1.54) is 0 Å². The molecule has 0 aliphatic carbocycles. The molecule has 2 rings (SSSR count). The summed E-state index contributed by atoms with van der Waals surface area (Å²) in [4.78, 5) is 11.2. The lowest BCUT2D eigenvalue weighted by molar-refractivity contribution is -0.136. The van der Waals surface area contributed by atoms with E-state index in [-0.39, 0.29) is 0 Å². The lowest BCUT2D eigenvalue weighted by atomic mass is 10.0. The summed E-state index contributed by atoms with van der Waals surface area (Å²) >= 11 is 0. The number of benzene rings is 2. The third-order valence-electron chi connectivity index (χ3n) is 2.55. The predicted octanol–water partition coefficient (Wildman–Crippen LogP) is 3.27. The van der Waals surface area contributed by atoms with Crippen molar-refractivity contribution < 1.29 is 9.53 Å². The van der Waals surface area contributed by atoms with Gasteiger partial charge in [-0.25, -0.2) is 4.79 Å². The molecular weight excluding hydrogens is 236 g/mol. The SMILES string of the molecule is CCOC(=O)C#Cc1cccc(-c2ccccc2)c1. The van der Waals surface area contributed by atoms with Crippen LogP contribution in [0.4, 0.5) is 0 Å². The zero-order chi connectivity index (χ0) is 13.5. The Kier molecular flexibility index (Phi) is 4.36. The van der Waals surface area contributed by atoms with Crippen molar-refractivity contribution in [3.05, 3.63) is 60.2 Å². The number of carbonyl (C=O) groups excluding carboxylic acids is 1. The summed E-state index contributed by atoms with van der Waals surface area (Å²) in [6.45, 7) is 2.10. The van der Waals surface area contributed by atoms with Gasteiger partial charge in [0.2, 0.25) is 0 Å². The topological polar surface area (TPSA) is 26.3 Å². The van der Waals surface area contributed by atoms with Crippen LogP contribution in [0.25, 0.3) is 11.1 Å². The van der Waals surface area contributed by atoms with Crippen LogP contribution in [-0.2, 0) is 9.53 Å². The Morgan fingerprint density at radius 3 is 2.53 bits per heavy atom. The highest BCUT2D eigenvalue weighted by molar-refractivity contribution is 5.89. The van der Waals surface area contributed by atoms with Crippen LogP contribution in [0.5, 0.6) is 0 Å². The van der Waals surface area contributed by atoms with Gasteiger partial charge < -0.3 is 4.74 Å². The van der Waals surface area contributed by atoms with Crippen molar-refractivity contribution in [3.63, 3.8) is 0 Å². The van der Waals surface area contributed by atoms with Crippen LogP contribution in [-0.4, -0.2) is 12.6 Å². The smallest absolute Gasteiger partial charge is 0.384 e. The fourth-order valence-electron chi connectivity index (χ4n) is 1.70. The highest BCUT2D eigenvalue weighted by Gasteiger charge is 1.97. The van der Waals surface area contributed by atoms with Gasteiger partial charge in [-0.2, -0.15) is 0 Å². The van der Waals surface area contributed by atoms with Gasteiger partial charge in [0.05, 0.1) is 6.61 Å². The fraction of sp³-hybridized carbons (Fsp3) is 0.118. The van der Waals surface area contributed by atoms with E-state index in [4.69, 9.17) is 4.74 Å². The van der Waals surface area contributed by atoms with Gasteiger partial charge in [0.15, 0.2) is 0 Å². The average molecular weight is 250 g/mol. The van der Waals surface area contributed by atoms with E-state index in [0.29, 0.717) is 6.61 Å². The standard InChI is InChI=1S/C17H14O2/c1-2-19-17(18)12-11-14-7-6-10-16(13-14)15-8-4-3-5-9-15/h3-10,13H,2H2,1H3. The molecule has 0 spiro atoms. The van der Waals surface area contributed by atoms with Crippen LogP contribution in [0.15, 0.2) is 54.6 Å². The number of carbonyl (C=O) groups is 1. The molecule has 0 fully saturated rings. The maximum Gasteiger partial charge on any atom is 0.384 e. The summed E-state index contributed by atoms with van der Waals surface area (Å²) < 4.78 is 4.77. The van der Waals surface area contributed by atoms with Gasteiger partial charge >= 0.3 is 5.97 Å². The Labute approximate surface area is 113 Å². The summed E-state index contributed by atoms with van der Waals surface area (Å²) in [7, 11) is 0. The van der Waals surface area contributed by atoms with E-state index >= 15 is 0 Å². The van der Waals surface area contributed by atoms with E-state index in [9.17, 15) is 4.79 Å². The molecule has 2 aromatic carbocycles. The summed E-state index contributed by atoms with van der Waals surface area (Å²) in [5, 5.41) is 0. The lowest BCUT2D eigenvalue weighted by Crippen LogP contribution is -1.99. The maximum atomic E-state index is 11.2. The van der Waals surface area contributed by atoms with Crippen LogP contribution >= 0.6 is 0 Å². The van der Waals surface area contributed by atoms with Crippen molar-refractivity contribution in [2.24, 2.45) is 0 Å². The molecule has 0 amide bonds. The normalized spacial score (nSPS) is 9.32. The minimum Gasteiger partial charge on any atom is -0.456 e. The van der Waals surface area contributed by atoms with Gasteiger partial charge in [-0.3, -0.25) is 0 Å². The molecule has 0 aliphatic rings. The zero-order valence-electron chi connectivity index (χ0n) is 10.7. The molecule has 2 nitrogen and oxygen atoms in total. The van der Waals surface area contributed by atoms with Crippen LogP contribution in [0.2, 0.25) is 0 Å². The van der Waals surface area contributed by atoms with Crippen LogP contribution < -0.4 is 0 Å². The second-order valence-electron chi connectivity index (χ2n) is 3.92. The Morgan fingerprint density at radius 1 is 1.05 bits per heavy atom. The van der Waals surface area contributed by atoms with E-state index in [2.05, 4.69) is 11.8 Å².